The van der Waals surface area contributed by atoms with Gasteiger partial charge in [-0.1, -0.05) is 23.2 Å². The minimum absolute atomic E-state index is 0.165. The van der Waals surface area contributed by atoms with Crippen molar-refractivity contribution in [2.24, 2.45) is 5.41 Å². The van der Waals surface area contributed by atoms with Gasteiger partial charge in [0.2, 0.25) is 0 Å². The maximum Gasteiger partial charge on any atom is 0.323 e. The molecule has 1 aliphatic rings. The van der Waals surface area contributed by atoms with Crippen LogP contribution in [-0.2, 0) is 36.2 Å². The molecule has 140 valence electrons. The van der Waals surface area contributed by atoms with Gasteiger partial charge in [-0.05, 0) is 42.9 Å². The summed E-state index contributed by atoms with van der Waals surface area (Å²) >= 11 is 12.9. The minimum atomic E-state index is -1.39. The molecule has 0 aromatic carbocycles. The van der Waals surface area contributed by atoms with E-state index in [1.807, 2.05) is 0 Å². The van der Waals surface area contributed by atoms with E-state index in [-0.39, 0.29) is 12.8 Å². The first-order valence-corrected chi connectivity index (χ1v) is 9.02. The van der Waals surface area contributed by atoms with Crippen LogP contribution in [0.25, 0.3) is 0 Å². The second kappa shape index (κ2) is 8.28. The fourth-order valence-electron chi connectivity index (χ4n) is 3.23. The molecule has 0 atom stereocenters. The number of alkyl halides is 2. The molecule has 1 aromatic heterocycles. The lowest BCUT2D eigenvalue weighted by Crippen LogP contribution is -2.42. The Morgan fingerprint density at radius 2 is 1.85 bits per heavy atom. The van der Waals surface area contributed by atoms with Crippen LogP contribution >= 0.6 is 23.2 Å². The summed E-state index contributed by atoms with van der Waals surface area (Å²) in [5.41, 5.74) is 0.673. The van der Waals surface area contributed by atoms with E-state index in [0.29, 0.717) is 18.5 Å². The topological polar surface area (TPSA) is 65.5 Å². The van der Waals surface area contributed by atoms with Gasteiger partial charge in [0.25, 0.3) is 0 Å². The maximum atomic E-state index is 12.3. The first kappa shape index (κ1) is 20.5. The summed E-state index contributed by atoms with van der Waals surface area (Å²) in [5.74, 6) is 1.33. The zero-order valence-electron chi connectivity index (χ0n) is 14.8. The highest BCUT2D eigenvalue weighted by Crippen LogP contribution is 2.43. The second-order valence-electron chi connectivity index (χ2n) is 6.37. The number of carbonyl (C=O) groups is 2. The van der Waals surface area contributed by atoms with E-state index in [2.05, 4.69) is 10.9 Å². The van der Waals surface area contributed by atoms with Crippen molar-refractivity contribution < 1.29 is 19.1 Å². The van der Waals surface area contributed by atoms with E-state index in [9.17, 15) is 9.59 Å². The summed E-state index contributed by atoms with van der Waals surface area (Å²) in [4.78, 5) is 28.9. The summed E-state index contributed by atoms with van der Waals surface area (Å²) in [7, 11) is 2.50. The smallest absolute Gasteiger partial charge is 0.323 e. The van der Waals surface area contributed by atoms with Gasteiger partial charge in [0.15, 0.2) is 9.75 Å². The largest absolute Gasteiger partial charge is 0.468 e. The summed E-state index contributed by atoms with van der Waals surface area (Å²) in [6.45, 7) is 0. The molecule has 0 amide bonds. The molecule has 0 unspecified atom stereocenters. The van der Waals surface area contributed by atoms with Crippen LogP contribution in [0.15, 0.2) is 12.3 Å². The molecule has 0 N–H and O–H groups in total. The molecule has 0 spiro atoms. The van der Waals surface area contributed by atoms with Gasteiger partial charge >= 0.3 is 11.9 Å². The van der Waals surface area contributed by atoms with Crippen LogP contribution in [0.2, 0.25) is 0 Å². The summed E-state index contributed by atoms with van der Waals surface area (Å²) in [6.07, 6.45) is 9.96. The van der Waals surface area contributed by atoms with Crippen molar-refractivity contribution in [1.82, 2.24) is 4.98 Å². The number of hydrogen-bond donors (Lipinski definition) is 0. The number of ether oxygens (including phenoxy) is 2. The monoisotopic (exact) mass is 397 g/mol. The quantitative estimate of drug-likeness (QED) is 0.232. The number of esters is 2. The molecule has 0 saturated carbocycles. The molecular formula is C19H21Cl2NO4. The van der Waals surface area contributed by atoms with Gasteiger partial charge < -0.3 is 9.47 Å². The molecule has 0 saturated heterocycles. The number of unbranched alkanes of at least 4 members (excludes halogenated alkanes) is 2. The van der Waals surface area contributed by atoms with E-state index in [0.717, 1.165) is 24.0 Å². The average Bonchev–Trinajstić information content (AvgIpc) is 3.03. The molecule has 2 rings (SSSR count). The fraction of sp³-hybridized carbons (Fsp3) is 0.526. The molecule has 0 bridgehead atoms. The predicted molar refractivity (Wildman–Crippen MR) is 98.8 cm³/mol. The third kappa shape index (κ3) is 3.97. The summed E-state index contributed by atoms with van der Waals surface area (Å²) in [5, 5.41) is 0. The van der Waals surface area contributed by atoms with E-state index < -0.39 is 21.7 Å². The predicted octanol–water partition coefficient (Wildman–Crippen LogP) is 3.34. The minimum Gasteiger partial charge on any atom is -0.468 e. The number of nitrogens with zero attached hydrogens (tertiary/aromatic N) is 1. The Kier molecular flexibility index (Phi) is 6.54. The number of hydrogen-bond acceptors (Lipinski definition) is 5. The highest BCUT2D eigenvalue weighted by atomic mass is 35.5. The van der Waals surface area contributed by atoms with E-state index in [1.165, 1.54) is 14.2 Å². The van der Waals surface area contributed by atoms with Crippen molar-refractivity contribution in [2.75, 3.05) is 14.2 Å². The first-order chi connectivity index (χ1) is 12.3. The molecular weight excluding hydrogens is 377 g/mol. The zero-order chi connectivity index (χ0) is 19.4. The van der Waals surface area contributed by atoms with Crippen molar-refractivity contribution in [1.29, 1.82) is 0 Å². The van der Waals surface area contributed by atoms with Gasteiger partial charge in [0, 0.05) is 19.0 Å². The highest BCUT2D eigenvalue weighted by Gasteiger charge is 2.53. The Bertz CT molecular complexity index is 724. The maximum absolute atomic E-state index is 12.3. The van der Waals surface area contributed by atoms with Gasteiger partial charge in [-0.3, -0.25) is 14.6 Å². The van der Waals surface area contributed by atoms with Crippen LogP contribution in [0.1, 0.15) is 42.5 Å². The van der Waals surface area contributed by atoms with Gasteiger partial charge in [-0.2, -0.15) is 0 Å². The van der Waals surface area contributed by atoms with Crippen LogP contribution in [0.3, 0.4) is 0 Å². The molecule has 5 nitrogen and oxygen atoms in total. The van der Waals surface area contributed by atoms with Crippen molar-refractivity contribution in [3.05, 3.63) is 29.1 Å². The van der Waals surface area contributed by atoms with Gasteiger partial charge in [0.1, 0.15) is 0 Å². The van der Waals surface area contributed by atoms with Crippen molar-refractivity contribution in [2.45, 2.75) is 42.9 Å². The Morgan fingerprint density at radius 3 is 2.42 bits per heavy atom. The van der Waals surface area contributed by atoms with E-state index in [1.54, 1.807) is 12.3 Å². The van der Waals surface area contributed by atoms with Gasteiger partial charge in [0.05, 0.1) is 19.9 Å². The Hall–Kier alpha value is -1.77. The number of aromatic nitrogens is 1. The van der Waals surface area contributed by atoms with Gasteiger partial charge in [-0.15, -0.1) is 12.3 Å². The number of terminal acetylenes is 1. The number of rotatable bonds is 7. The van der Waals surface area contributed by atoms with Crippen LogP contribution in [0.4, 0.5) is 0 Å². The van der Waals surface area contributed by atoms with Gasteiger partial charge in [-0.25, -0.2) is 0 Å². The third-order valence-corrected chi connectivity index (χ3v) is 5.42. The number of fused-ring (bicyclic) bond motifs is 1. The number of halogens is 2. The first-order valence-electron chi connectivity index (χ1n) is 8.27. The molecule has 1 aromatic rings. The molecule has 26 heavy (non-hydrogen) atoms. The molecule has 1 aliphatic carbocycles. The Morgan fingerprint density at radius 1 is 1.23 bits per heavy atom. The SMILES string of the molecule is C#CCCCCC(Cl)(Cl)c1cc2c(cn1)CC(C(=O)OC)(C(=O)OC)C2. The molecule has 0 radical (unpaired) electrons. The Balaban J connectivity index is 2.25. The lowest BCUT2D eigenvalue weighted by molar-refractivity contribution is -0.168. The second-order valence-corrected chi connectivity index (χ2v) is 7.86. The summed E-state index contributed by atoms with van der Waals surface area (Å²) < 4.78 is 8.51. The van der Waals surface area contributed by atoms with Crippen LogP contribution < -0.4 is 0 Å². The van der Waals surface area contributed by atoms with Crippen LogP contribution in [0.5, 0.6) is 0 Å². The molecule has 0 aliphatic heterocycles. The van der Waals surface area contributed by atoms with Crippen molar-refractivity contribution in [3.8, 4) is 12.3 Å². The van der Waals surface area contributed by atoms with Crippen molar-refractivity contribution >= 4 is 35.1 Å². The number of carbonyl (C=O) groups excluding carboxylic acids is 2. The highest BCUT2D eigenvalue weighted by molar-refractivity contribution is 6.47. The number of methoxy groups -OCH3 is 2. The molecule has 1 heterocycles. The van der Waals surface area contributed by atoms with E-state index in [4.69, 9.17) is 39.1 Å². The fourth-order valence-corrected chi connectivity index (χ4v) is 3.70. The Labute approximate surface area is 163 Å². The normalized spacial score (nSPS) is 15.0. The van der Waals surface area contributed by atoms with Crippen LogP contribution in [-0.4, -0.2) is 31.1 Å². The molecule has 0 fully saturated rings. The molecule has 7 heteroatoms. The van der Waals surface area contributed by atoms with E-state index >= 15 is 0 Å². The third-order valence-electron chi connectivity index (χ3n) is 4.66. The number of pyridine rings is 1. The lowest BCUT2D eigenvalue weighted by atomic mass is 9.85. The average molecular weight is 398 g/mol. The van der Waals surface area contributed by atoms with Crippen LogP contribution in [0, 0.1) is 17.8 Å². The lowest BCUT2D eigenvalue weighted by Gasteiger charge is -2.22. The zero-order valence-corrected chi connectivity index (χ0v) is 16.3. The summed E-state index contributed by atoms with van der Waals surface area (Å²) in [6, 6.07) is 1.75. The standard InChI is InChI=1S/C19H21Cl2NO4/c1-4-5-6-7-8-19(20,21)15-9-13-10-18(16(23)25-2,17(24)26-3)11-14(13)12-22-15/h1,9,12H,5-8,10-11H2,2-3H3. The van der Waals surface area contributed by atoms with Crippen molar-refractivity contribution in [3.63, 3.8) is 0 Å².